The van der Waals surface area contributed by atoms with Gasteiger partial charge >= 0.3 is 0 Å². The molecule has 35 heavy (non-hydrogen) atoms. The third-order valence-electron chi connectivity index (χ3n) is 5.91. The number of para-hydroxylation sites is 2. The van der Waals surface area contributed by atoms with Crippen LogP contribution in [0.3, 0.4) is 0 Å². The Kier molecular flexibility index (Phi) is 6.38. The Labute approximate surface area is 207 Å². The standard InChI is InChI=1S/C29H25N3O2S/c1-19(2)23-11-6-8-14-26(23)32-28(34)24-12-5-7-13-25(24)31-29(32)35-18-27(33)30-22-16-15-20-9-3-4-10-21(20)17-22/h3-17,19H,18H2,1-2H3,(H,30,33). The first-order chi connectivity index (χ1) is 17.0. The lowest BCUT2D eigenvalue weighted by Gasteiger charge is -2.18. The smallest absolute Gasteiger partial charge is 0.266 e. The molecule has 0 bridgehead atoms. The molecule has 4 aromatic carbocycles. The Balaban J connectivity index is 1.48. The van der Waals surface area contributed by atoms with Crippen LogP contribution in [0.25, 0.3) is 27.4 Å². The van der Waals surface area contributed by atoms with Gasteiger partial charge in [-0.25, -0.2) is 4.98 Å². The molecule has 0 saturated carbocycles. The zero-order chi connectivity index (χ0) is 24.4. The Hall–Kier alpha value is -3.90. The van der Waals surface area contributed by atoms with Crippen LogP contribution in [0.5, 0.6) is 0 Å². The molecule has 174 valence electrons. The molecule has 0 atom stereocenters. The first-order valence-corrected chi connectivity index (χ1v) is 12.5. The summed E-state index contributed by atoms with van der Waals surface area (Å²) in [6, 6.07) is 29.1. The Morgan fingerprint density at radius 3 is 2.46 bits per heavy atom. The maximum atomic E-state index is 13.6. The minimum absolute atomic E-state index is 0.126. The molecule has 0 fully saturated rings. The van der Waals surface area contributed by atoms with E-state index in [0.29, 0.717) is 16.1 Å². The molecule has 0 aliphatic carbocycles. The highest BCUT2D eigenvalue weighted by atomic mass is 32.2. The van der Waals surface area contributed by atoms with Crippen molar-refractivity contribution >= 4 is 45.0 Å². The Morgan fingerprint density at radius 1 is 0.914 bits per heavy atom. The van der Waals surface area contributed by atoms with Crippen LogP contribution in [-0.2, 0) is 4.79 Å². The number of amides is 1. The molecular weight excluding hydrogens is 454 g/mol. The molecule has 1 N–H and O–H groups in total. The average molecular weight is 480 g/mol. The average Bonchev–Trinajstić information content (AvgIpc) is 2.87. The lowest BCUT2D eigenvalue weighted by Crippen LogP contribution is -2.24. The highest BCUT2D eigenvalue weighted by Crippen LogP contribution is 2.27. The summed E-state index contributed by atoms with van der Waals surface area (Å²) in [4.78, 5) is 31.2. The van der Waals surface area contributed by atoms with Gasteiger partial charge in [0.2, 0.25) is 5.91 Å². The molecule has 1 amide bonds. The number of anilines is 1. The van der Waals surface area contributed by atoms with E-state index in [1.165, 1.54) is 11.8 Å². The number of rotatable bonds is 6. The van der Waals surface area contributed by atoms with Gasteiger partial charge in [0.25, 0.3) is 5.56 Å². The number of nitrogens with zero attached hydrogens (tertiary/aromatic N) is 2. The van der Waals surface area contributed by atoms with E-state index in [2.05, 4.69) is 19.2 Å². The second-order valence-corrected chi connectivity index (χ2v) is 9.61. The van der Waals surface area contributed by atoms with E-state index in [1.54, 1.807) is 10.6 Å². The maximum absolute atomic E-state index is 13.6. The summed E-state index contributed by atoms with van der Waals surface area (Å²) in [6.07, 6.45) is 0. The number of benzene rings is 4. The van der Waals surface area contributed by atoms with E-state index >= 15 is 0 Å². The van der Waals surface area contributed by atoms with Gasteiger partial charge in [0.05, 0.1) is 22.3 Å². The third-order valence-corrected chi connectivity index (χ3v) is 6.85. The van der Waals surface area contributed by atoms with Crippen LogP contribution in [0.1, 0.15) is 25.3 Å². The quantitative estimate of drug-likeness (QED) is 0.226. The lowest BCUT2D eigenvalue weighted by molar-refractivity contribution is -0.113. The van der Waals surface area contributed by atoms with Crippen LogP contribution in [-0.4, -0.2) is 21.2 Å². The highest BCUT2D eigenvalue weighted by molar-refractivity contribution is 7.99. The lowest BCUT2D eigenvalue weighted by atomic mass is 10.0. The van der Waals surface area contributed by atoms with Crippen LogP contribution in [0.15, 0.2) is 101 Å². The number of carbonyl (C=O) groups excluding carboxylic acids is 1. The van der Waals surface area contributed by atoms with E-state index in [1.807, 2.05) is 84.9 Å². The molecule has 0 radical (unpaired) electrons. The molecule has 1 aromatic heterocycles. The Bertz CT molecular complexity index is 1610. The van der Waals surface area contributed by atoms with E-state index in [0.717, 1.165) is 27.7 Å². The van der Waals surface area contributed by atoms with Gasteiger partial charge in [-0.05, 0) is 52.6 Å². The van der Waals surface area contributed by atoms with Crippen molar-refractivity contribution in [2.75, 3.05) is 11.1 Å². The van der Waals surface area contributed by atoms with Crippen molar-refractivity contribution in [3.8, 4) is 5.69 Å². The molecule has 0 aliphatic rings. The number of nitrogens with one attached hydrogen (secondary N) is 1. The van der Waals surface area contributed by atoms with Crippen molar-refractivity contribution < 1.29 is 4.79 Å². The first kappa shape index (κ1) is 22.9. The summed E-state index contributed by atoms with van der Waals surface area (Å²) in [5.74, 6) is 0.191. The fourth-order valence-electron chi connectivity index (χ4n) is 4.20. The minimum Gasteiger partial charge on any atom is -0.325 e. The van der Waals surface area contributed by atoms with Gasteiger partial charge in [-0.15, -0.1) is 0 Å². The van der Waals surface area contributed by atoms with Crippen LogP contribution in [0.2, 0.25) is 0 Å². The summed E-state index contributed by atoms with van der Waals surface area (Å²) in [7, 11) is 0. The van der Waals surface area contributed by atoms with Crippen molar-refractivity contribution in [2.24, 2.45) is 0 Å². The predicted molar refractivity (Wildman–Crippen MR) is 145 cm³/mol. The highest BCUT2D eigenvalue weighted by Gasteiger charge is 2.18. The first-order valence-electron chi connectivity index (χ1n) is 11.5. The summed E-state index contributed by atoms with van der Waals surface area (Å²) in [5, 5.41) is 6.20. The van der Waals surface area contributed by atoms with Crippen LogP contribution < -0.4 is 10.9 Å². The van der Waals surface area contributed by atoms with Crippen molar-refractivity contribution in [2.45, 2.75) is 24.9 Å². The molecule has 0 aliphatic heterocycles. The summed E-state index contributed by atoms with van der Waals surface area (Å²) >= 11 is 1.26. The molecule has 0 unspecified atom stereocenters. The van der Waals surface area contributed by atoms with Crippen molar-refractivity contribution in [3.63, 3.8) is 0 Å². The number of thioether (sulfide) groups is 1. The summed E-state index contributed by atoms with van der Waals surface area (Å²) in [6.45, 7) is 4.20. The van der Waals surface area contributed by atoms with E-state index < -0.39 is 0 Å². The van der Waals surface area contributed by atoms with Crippen molar-refractivity contribution in [1.82, 2.24) is 9.55 Å². The molecule has 0 spiro atoms. The summed E-state index contributed by atoms with van der Waals surface area (Å²) < 4.78 is 1.64. The topological polar surface area (TPSA) is 64.0 Å². The van der Waals surface area contributed by atoms with Crippen LogP contribution >= 0.6 is 11.8 Å². The number of carbonyl (C=O) groups is 1. The predicted octanol–water partition coefficient (Wildman–Crippen LogP) is 6.39. The van der Waals surface area contributed by atoms with Crippen molar-refractivity contribution in [3.05, 3.63) is 107 Å². The number of fused-ring (bicyclic) bond motifs is 2. The molecule has 6 heteroatoms. The van der Waals surface area contributed by atoms with Crippen LogP contribution in [0, 0.1) is 0 Å². The fraction of sp³-hybridized carbons (Fsp3) is 0.138. The zero-order valence-electron chi connectivity index (χ0n) is 19.6. The zero-order valence-corrected chi connectivity index (χ0v) is 20.4. The minimum atomic E-state index is -0.156. The number of hydrogen-bond acceptors (Lipinski definition) is 4. The molecule has 0 saturated heterocycles. The van der Waals surface area contributed by atoms with Gasteiger partial charge < -0.3 is 5.32 Å². The number of aromatic nitrogens is 2. The third kappa shape index (κ3) is 4.70. The SMILES string of the molecule is CC(C)c1ccccc1-n1c(SCC(=O)Nc2ccc3ccccc3c2)nc2ccccc2c1=O. The van der Waals surface area contributed by atoms with Gasteiger partial charge in [0.1, 0.15) is 0 Å². The largest absolute Gasteiger partial charge is 0.325 e. The monoisotopic (exact) mass is 479 g/mol. The second-order valence-electron chi connectivity index (χ2n) is 8.66. The van der Waals surface area contributed by atoms with Gasteiger partial charge in [-0.1, -0.05) is 86.3 Å². The van der Waals surface area contributed by atoms with Crippen LogP contribution in [0.4, 0.5) is 5.69 Å². The van der Waals surface area contributed by atoms with Gasteiger partial charge in [-0.3, -0.25) is 14.2 Å². The fourth-order valence-corrected chi connectivity index (χ4v) is 5.00. The van der Waals surface area contributed by atoms with Gasteiger partial charge in [0, 0.05) is 5.69 Å². The molecule has 5 aromatic rings. The van der Waals surface area contributed by atoms with E-state index in [-0.39, 0.29) is 23.1 Å². The molecule has 5 nitrogen and oxygen atoms in total. The number of hydrogen-bond donors (Lipinski definition) is 1. The normalized spacial score (nSPS) is 11.3. The Morgan fingerprint density at radius 2 is 1.63 bits per heavy atom. The van der Waals surface area contributed by atoms with Gasteiger partial charge in [-0.2, -0.15) is 0 Å². The summed E-state index contributed by atoms with van der Waals surface area (Å²) in [5.41, 5.74) is 3.06. The second kappa shape index (κ2) is 9.76. The molecular formula is C29H25N3O2S. The molecule has 5 rings (SSSR count). The van der Waals surface area contributed by atoms with Gasteiger partial charge in [0.15, 0.2) is 5.16 Å². The maximum Gasteiger partial charge on any atom is 0.266 e. The van der Waals surface area contributed by atoms with Crippen molar-refractivity contribution in [1.29, 1.82) is 0 Å². The molecule has 1 heterocycles. The van der Waals surface area contributed by atoms with E-state index in [4.69, 9.17) is 4.98 Å². The van der Waals surface area contributed by atoms with E-state index in [9.17, 15) is 9.59 Å².